The van der Waals surface area contributed by atoms with Gasteiger partial charge in [-0.05, 0) is 37.9 Å². The third kappa shape index (κ3) is 5.93. The predicted octanol–water partition coefficient (Wildman–Crippen LogP) is 3.79. The lowest BCUT2D eigenvalue weighted by atomic mass is 9.95. The van der Waals surface area contributed by atoms with Gasteiger partial charge in [-0.3, -0.25) is 10.1 Å². The van der Waals surface area contributed by atoms with Crippen LogP contribution in [0.1, 0.15) is 48.9 Å². The molecule has 0 spiro atoms. The Labute approximate surface area is 160 Å². The molecule has 1 aliphatic rings. The van der Waals surface area contributed by atoms with Crippen LogP contribution in [0, 0.1) is 11.6 Å². The van der Waals surface area contributed by atoms with Gasteiger partial charge in [0.05, 0.1) is 5.56 Å². The fourth-order valence-electron chi connectivity index (χ4n) is 3.08. The molecule has 2 aromatic rings. The molecule has 1 amide bonds. The molecule has 9 heteroatoms. The number of rotatable bonds is 8. The highest BCUT2D eigenvalue weighted by Gasteiger charge is 2.15. The van der Waals surface area contributed by atoms with Crippen LogP contribution < -0.4 is 16.0 Å². The molecule has 0 saturated heterocycles. The Kier molecular flexibility index (Phi) is 7.05. The smallest absolute Gasteiger partial charge is 0.260 e. The predicted molar refractivity (Wildman–Crippen MR) is 102 cm³/mol. The van der Waals surface area contributed by atoms with Crippen LogP contribution in [0.2, 0.25) is 0 Å². The van der Waals surface area contributed by atoms with E-state index in [1.165, 1.54) is 43.4 Å². The number of carbonyl (C=O) groups excluding carboxylic acids is 1. The van der Waals surface area contributed by atoms with Crippen LogP contribution in [0.5, 0.6) is 0 Å². The molecule has 1 aliphatic carbocycles. The van der Waals surface area contributed by atoms with Crippen molar-refractivity contribution >= 4 is 27.5 Å². The van der Waals surface area contributed by atoms with E-state index in [0.717, 1.165) is 31.6 Å². The van der Waals surface area contributed by atoms with Gasteiger partial charge in [-0.25, -0.2) is 8.78 Å². The van der Waals surface area contributed by atoms with E-state index >= 15 is 0 Å². The van der Waals surface area contributed by atoms with Crippen LogP contribution in [0.3, 0.4) is 0 Å². The van der Waals surface area contributed by atoms with E-state index in [9.17, 15) is 13.6 Å². The van der Waals surface area contributed by atoms with Crippen molar-refractivity contribution in [3.8, 4) is 0 Å². The molecular weight excluding hydrogens is 372 g/mol. The summed E-state index contributed by atoms with van der Waals surface area (Å²) < 4.78 is 26.5. The molecule has 3 N–H and O–H groups in total. The fourth-order valence-corrected chi connectivity index (χ4v) is 3.74. The van der Waals surface area contributed by atoms with Gasteiger partial charge in [-0.2, -0.15) is 0 Å². The highest BCUT2D eigenvalue weighted by Crippen LogP contribution is 2.21. The summed E-state index contributed by atoms with van der Waals surface area (Å²) in [6.45, 7) is 1.69. The maximum Gasteiger partial charge on any atom is 0.260 e. The van der Waals surface area contributed by atoms with Crippen molar-refractivity contribution in [2.75, 3.05) is 23.7 Å². The lowest BCUT2D eigenvalue weighted by Gasteiger charge is -2.22. The van der Waals surface area contributed by atoms with Crippen molar-refractivity contribution in [2.45, 2.75) is 44.6 Å². The van der Waals surface area contributed by atoms with E-state index in [-0.39, 0.29) is 10.7 Å². The van der Waals surface area contributed by atoms with Crippen molar-refractivity contribution in [2.24, 2.45) is 0 Å². The lowest BCUT2D eigenvalue weighted by Crippen LogP contribution is -2.32. The Morgan fingerprint density at radius 1 is 1.11 bits per heavy atom. The first-order valence-electron chi connectivity index (χ1n) is 9.19. The van der Waals surface area contributed by atoms with Gasteiger partial charge in [0.1, 0.15) is 11.6 Å². The average molecular weight is 395 g/mol. The summed E-state index contributed by atoms with van der Waals surface area (Å²) in [7, 11) is 0. The van der Waals surface area contributed by atoms with Gasteiger partial charge in [0.2, 0.25) is 10.3 Å². The topological polar surface area (TPSA) is 78.9 Å². The molecule has 1 aromatic heterocycles. The molecular formula is C18H23F2N5OS. The minimum absolute atomic E-state index is 0.241. The second kappa shape index (κ2) is 9.70. The monoisotopic (exact) mass is 395 g/mol. The number of halogens is 2. The normalized spacial score (nSPS) is 14.9. The molecule has 1 fully saturated rings. The van der Waals surface area contributed by atoms with Gasteiger partial charge < -0.3 is 10.6 Å². The van der Waals surface area contributed by atoms with Gasteiger partial charge in [-0.15, -0.1) is 10.2 Å². The number of amides is 1. The molecule has 0 bridgehead atoms. The van der Waals surface area contributed by atoms with Gasteiger partial charge in [0.25, 0.3) is 5.91 Å². The average Bonchev–Trinajstić information content (AvgIpc) is 3.09. The second-order valence-electron chi connectivity index (χ2n) is 6.56. The fraction of sp³-hybridized carbons (Fsp3) is 0.500. The summed E-state index contributed by atoms with van der Waals surface area (Å²) in [4.78, 5) is 12.0. The van der Waals surface area contributed by atoms with Gasteiger partial charge >= 0.3 is 0 Å². The Morgan fingerprint density at radius 3 is 2.67 bits per heavy atom. The quantitative estimate of drug-likeness (QED) is 0.593. The zero-order valence-corrected chi connectivity index (χ0v) is 15.7. The van der Waals surface area contributed by atoms with E-state index in [1.807, 2.05) is 0 Å². The zero-order chi connectivity index (χ0) is 19.1. The largest absolute Gasteiger partial charge is 0.360 e. The SMILES string of the molecule is O=C(Nc1nnc(NCCCNC2CCCCC2)s1)c1ccc(F)cc1F. The Morgan fingerprint density at radius 2 is 1.89 bits per heavy atom. The number of aromatic nitrogens is 2. The van der Waals surface area contributed by atoms with E-state index in [1.54, 1.807) is 0 Å². The van der Waals surface area contributed by atoms with Crippen LogP contribution in [0.15, 0.2) is 18.2 Å². The van der Waals surface area contributed by atoms with Gasteiger partial charge in [-0.1, -0.05) is 30.6 Å². The van der Waals surface area contributed by atoms with Crippen molar-refractivity contribution in [3.63, 3.8) is 0 Å². The van der Waals surface area contributed by atoms with Crippen LogP contribution >= 0.6 is 11.3 Å². The molecule has 0 aliphatic heterocycles. The first kappa shape index (κ1) is 19.6. The molecule has 1 aromatic carbocycles. The number of hydrogen-bond donors (Lipinski definition) is 3. The number of nitrogens with zero attached hydrogens (tertiary/aromatic N) is 2. The zero-order valence-electron chi connectivity index (χ0n) is 14.9. The number of benzene rings is 1. The summed E-state index contributed by atoms with van der Waals surface area (Å²) in [6.07, 6.45) is 7.47. The summed E-state index contributed by atoms with van der Waals surface area (Å²) in [5, 5.41) is 17.9. The van der Waals surface area contributed by atoms with E-state index in [0.29, 0.717) is 17.2 Å². The first-order chi connectivity index (χ1) is 13.1. The lowest BCUT2D eigenvalue weighted by molar-refractivity contribution is 0.102. The van der Waals surface area contributed by atoms with E-state index in [2.05, 4.69) is 26.1 Å². The van der Waals surface area contributed by atoms with Crippen molar-refractivity contribution < 1.29 is 13.6 Å². The molecule has 3 rings (SSSR count). The molecule has 0 atom stereocenters. The third-order valence-corrected chi connectivity index (χ3v) is 5.29. The summed E-state index contributed by atoms with van der Waals surface area (Å²) in [6, 6.07) is 3.45. The summed E-state index contributed by atoms with van der Waals surface area (Å²) >= 11 is 1.17. The minimum Gasteiger partial charge on any atom is -0.360 e. The molecule has 0 unspecified atom stereocenters. The summed E-state index contributed by atoms with van der Waals surface area (Å²) in [5.74, 6) is -2.34. The molecule has 1 saturated carbocycles. The maximum atomic E-state index is 13.6. The molecule has 6 nitrogen and oxygen atoms in total. The van der Waals surface area contributed by atoms with Crippen molar-refractivity contribution in [3.05, 3.63) is 35.4 Å². The molecule has 27 heavy (non-hydrogen) atoms. The summed E-state index contributed by atoms with van der Waals surface area (Å²) in [5.41, 5.74) is -0.241. The van der Waals surface area contributed by atoms with Gasteiger partial charge in [0.15, 0.2) is 0 Å². The van der Waals surface area contributed by atoms with Crippen LogP contribution in [0.25, 0.3) is 0 Å². The highest BCUT2D eigenvalue weighted by atomic mass is 32.1. The Balaban J connectivity index is 1.39. The standard InChI is InChI=1S/C18H23F2N5OS/c19-12-7-8-14(15(20)11-12)16(26)23-18-25-24-17(27-18)22-10-4-9-21-13-5-2-1-3-6-13/h7-8,11,13,21H,1-6,9-10H2,(H,22,24)(H,23,25,26). The van der Waals surface area contributed by atoms with Crippen LogP contribution in [0.4, 0.5) is 19.0 Å². The van der Waals surface area contributed by atoms with Crippen molar-refractivity contribution in [1.82, 2.24) is 15.5 Å². The van der Waals surface area contributed by atoms with Crippen molar-refractivity contribution in [1.29, 1.82) is 0 Å². The highest BCUT2D eigenvalue weighted by molar-refractivity contribution is 7.19. The number of anilines is 2. The maximum absolute atomic E-state index is 13.6. The molecule has 1 heterocycles. The second-order valence-corrected chi connectivity index (χ2v) is 7.54. The first-order valence-corrected chi connectivity index (χ1v) is 10.0. The Hall–Kier alpha value is -2.13. The number of hydrogen-bond acceptors (Lipinski definition) is 6. The van der Waals surface area contributed by atoms with Crippen LogP contribution in [-0.4, -0.2) is 35.2 Å². The number of carbonyl (C=O) groups is 1. The van der Waals surface area contributed by atoms with E-state index < -0.39 is 17.5 Å². The van der Waals surface area contributed by atoms with Gasteiger partial charge in [0, 0.05) is 18.7 Å². The molecule has 146 valence electrons. The Bertz CT molecular complexity index is 764. The minimum atomic E-state index is -0.916. The number of nitrogens with one attached hydrogen (secondary N) is 3. The van der Waals surface area contributed by atoms with Crippen LogP contribution in [-0.2, 0) is 0 Å². The van der Waals surface area contributed by atoms with E-state index in [4.69, 9.17) is 0 Å². The molecule has 0 radical (unpaired) electrons. The third-order valence-electron chi connectivity index (χ3n) is 4.49.